The molecule has 0 amide bonds. The summed E-state index contributed by atoms with van der Waals surface area (Å²) in [5.41, 5.74) is 0.333. The van der Waals surface area contributed by atoms with E-state index in [4.69, 9.17) is 4.52 Å². The van der Waals surface area contributed by atoms with Crippen molar-refractivity contribution in [2.75, 3.05) is 0 Å². The number of rotatable bonds is 4. The van der Waals surface area contributed by atoms with Crippen molar-refractivity contribution in [2.24, 2.45) is 14.1 Å². The van der Waals surface area contributed by atoms with Gasteiger partial charge in [-0.3, -0.25) is 13.9 Å². The maximum Gasteiger partial charge on any atom is 0.330 e. The van der Waals surface area contributed by atoms with Crippen molar-refractivity contribution in [3.05, 3.63) is 56.6 Å². The monoisotopic (exact) mass is 406 g/mol. The Morgan fingerprint density at radius 1 is 1.14 bits per heavy atom. The second-order valence-electron chi connectivity index (χ2n) is 7.65. The second-order valence-corrected chi connectivity index (χ2v) is 9.41. The first kappa shape index (κ1) is 20.0. The van der Waals surface area contributed by atoms with Crippen LogP contribution in [0.3, 0.4) is 0 Å². The third-order valence-corrected chi connectivity index (χ3v) is 5.95. The van der Waals surface area contributed by atoms with Gasteiger partial charge in [0.25, 0.3) is 5.56 Å². The van der Waals surface area contributed by atoms with Gasteiger partial charge in [-0.1, -0.05) is 25.9 Å². The van der Waals surface area contributed by atoms with Crippen molar-refractivity contribution in [1.82, 2.24) is 19.0 Å². The van der Waals surface area contributed by atoms with Crippen molar-refractivity contribution < 1.29 is 12.9 Å². The highest BCUT2D eigenvalue weighted by atomic mass is 32.2. The topological polar surface area (TPSA) is 116 Å². The number of nitrogens with zero attached hydrogens (tertiary/aromatic N) is 3. The zero-order valence-electron chi connectivity index (χ0n) is 16.3. The van der Waals surface area contributed by atoms with Crippen LogP contribution in [0, 0.1) is 0 Å². The molecule has 2 aromatic heterocycles. The molecule has 0 aliphatic rings. The first-order valence-electron chi connectivity index (χ1n) is 8.56. The summed E-state index contributed by atoms with van der Waals surface area (Å²) in [6, 6.07) is 4.09. The molecule has 0 bridgehead atoms. The summed E-state index contributed by atoms with van der Waals surface area (Å²) in [5, 5.41) is 4.10. The Balaban J connectivity index is 1.99. The Kier molecular flexibility index (Phi) is 4.80. The number of hydrogen-bond donors (Lipinski definition) is 1. The standard InChI is InChI=1S/C18H22N4O5S/c1-18(2,3)15-11(10-27-20-15)9-19-28(25,26)12-6-7-14-13(8-12)16(23)22(5)17(24)21(14)4/h6-8,10,19H,9H2,1-5H3. The minimum absolute atomic E-state index is 0.00175. The molecule has 0 unspecified atom stereocenters. The van der Waals surface area contributed by atoms with Crippen molar-refractivity contribution in [3.63, 3.8) is 0 Å². The maximum atomic E-state index is 12.7. The van der Waals surface area contributed by atoms with Crippen molar-refractivity contribution in [3.8, 4) is 0 Å². The molecule has 0 aliphatic heterocycles. The van der Waals surface area contributed by atoms with Crippen LogP contribution < -0.4 is 16.0 Å². The van der Waals surface area contributed by atoms with E-state index in [1.165, 1.54) is 43.1 Å². The van der Waals surface area contributed by atoms with Crippen LogP contribution in [0.1, 0.15) is 32.0 Å². The fourth-order valence-corrected chi connectivity index (χ4v) is 4.03. The van der Waals surface area contributed by atoms with E-state index in [-0.39, 0.29) is 22.2 Å². The van der Waals surface area contributed by atoms with Gasteiger partial charge < -0.3 is 4.52 Å². The first-order chi connectivity index (χ1) is 12.9. The molecule has 0 aliphatic carbocycles. The van der Waals surface area contributed by atoms with Gasteiger partial charge in [-0.05, 0) is 18.2 Å². The van der Waals surface area contributed by atoms with Crippen LogP contribution in [-0.2, 0) is 36.1 Å². The largest absolute Gasteiger partial charge is 0.364 e. The van der Waals surface area contributed by atoms with Crippen molar-refractivity contribution >= 4 is 20.9 Å². The van der Waals surface area contributed by atoms with Gasteiger partial charge in [0.05, 0.1) is 21.5 Å². The third-order valence-electron chi connectivity index (χ3n) is 4.55. The summed E-state index contributed by atoms with van der Waals surface area (Å²) in [4.78, 5) is 24.3. The molecule has 9 nitrogen and oxygen atoms in total. The second kappa shape index (κ2) is 6.71. The molecule has 2 heterocycles. The normalized spacial score (nSPS) is 12.6. The van der Waals surface area contributed by atoms with Crippen LogP contribution in [0.25, 0.3) is 10.9 Å². The Morgan fingerprint density at radius 3 is 2.46 bits per heavy atom. The van der Waals surface area contributed by atoms with Gasteiger partial charge in [-0.2, -0.15) is 0 Å². The Bertz CT molecular complexity index is 1280. The molecule has 150 valence electrons. The van der Waals surface area contributed by atoms with Gasteiger partial charge in [-0.15, -0.1) is 0 Å². The fourth-order valence-electron chi connectivity index (χ4n) is 3.00. The molecule has 0 spiro atoms. The lowest BCUT2D eigenvalue weighted by atomic mass is 9.90. The molecule has 0 saturated heterocycles. The van der Waals surface area contributed by atoms with E-state index in [2.05, 4.69) is 9.88 Å². The molecule has 0 saturated carbocycles. The lowest BCUT2D eigenvalue weighted by Gasteiger charge is -2.16. The minimum atomic E-state index is -3.90. The van der Waals surface area contributed by atoms with Gasteiger partial charge in [0.2, 0.25) is 10.0 Å². The predicted octanol–water partition coefficient (Wildman–Crippen LogP) is 1.00. The van der Waals surface area contributed by atoms with E-state index in [1.54, 1.807) is 0 Å². The minimum Gasteiger partial charge on any atom is -0.364 e. The summed E-state index contributed by atoms with van der Waals surface area (Å²) >= 11 is 0. The zero-order valence-corrected chi connectivity index (χ0v) is 17.1. The van der Waals surface area contributed by atoms with Crippen molar-refractivity contribution in [2.45, 2.75) is 37.6 Å². The number of aryl methyl sites for hydroxylation is 1. The van der Waals surface area contributed by atoms with Gasteiger partial charge >= 0.3 is 5.69 Å². The molecule has 0 atom stereocenters. The van der Waals surface area contributed by atoms with Crippen molar-refractivity contribution in [1.29, 1.82) is 0 Å². The van der Waals surface area contributed by atoms with E-state index >= 15 is 0 Å². The van der Waals surface area contributed by atoms with E-state index in [0.717, 1.165) is 4.57 Å². The number of aromatic nitrogens is 3. The number of fused-ring (bicyclic) bond motifs is 1. The molecule has 3 rings (SSSR count). The first-order valence-corrected chi connectivity index (χ1v) is 10.0. The number of benzene rings is 1. The molecule has 0 radical (unpaired) electrons. The summed E-state index contributed by atoms with van der Waals surface area (Å²) in [6.45, 7) is 5.85. The quantitative estimate of drug-likeness (QED) is 0.691. The molecule has 0 fully saturated rings. The molecule has 3 aromatic rings. The highest BCUT2D eigenvalue weighted by Gasteiger charge is 2.24. The highest BCUT2D eigenvalue weighted by molar-refractivity contribution is 7.89. The van der Waals surface area contributed by atoms with Crippen LogP contribution in [0.5, 0.6) is 0 Å². The van der Waals surface area contributed by atoms with E-state index < -0.39 is 21.3 Å². The number of sulfonamides is 1. The molecule has 28 heavy (non-hydrogen) atoms. The predicted molar refractivity (Wildman–Crippen MR) is 104 cm³/mol. The van der Waals surface area contributed by atoms with Gasteiger partial charge in [0, 0.05) is 31.6 Å². The molecule has 1 N–H and O–H groups in total. The number of nitrogens with one attached hydrogen (secondary N) is 1. The van der Waals surface area contributed by atoms with Crippen LogP contribution in [0.2, 0.25) is 0 Å². The third kappa shape index (κ3) is 3.40. The molecule has 1 aromatic carbocycles. The van der Waals surface area contributed by atoms with Gasteiger partial charge in [0.15, 0.2) is 0 Å². The summed E-state index contributed by atoms with van der Waals surface area (Å²) in [7, 11) is -1.02. The summed E-state index contributed by atoms with van der Waals surface area (Å²) in [6.07, 6.45) is 1.41. The van der Waals surface area contributed by atoms with E-state index in [9.17, 15) is 18.0 Å². The Labute approximate surface area is 161 Å². The van der Waals surface area contributed by atoms with E-state index in [1.807, 2.05) is 20.8 Å². The van der Waals surface area contributed by atoms with Crippen LogP contribution in [0.4, 0.5) is 0 Å². The van der Waals surface area contributed by atoms with Gasteiger partial charge in [-0.25, -0.2) is 17.9 Å². The van der Waals surface area contributed by atoms with Crippen LogP contribution >= 0.6 is 0 Å². The summed E-state index contributed by atoms with van der Waals surface area (Å²) in [5.74, 6) is 0. The van der Waals surface area contributed by atoms with Gasteiger partial charge in [0.1, 0.15) is 6.26 Å². The zero-order chi connectivity index (χ0) is 20.9. The lowest BCUT2D eigenvalue weighted by molar-refractivity contribution is 0.393. The molecule has 10 heteroatoms. The Hall–Kier alpha value is -2.72. The SMILES string of the molecule is Cn1c(=O)c2cc(S(=O)(=O)NCc3conc3C(C)(C)C)ccc2n(C)c1=O. The maximum absolute atomic E-state index is 12.7. The fraction of sp³-hybridized carbons (Fsp3) is 0.389. The average molecular weight is 406 g/mol. The lowest BCUT2D eigenvalue weighted by Crippen LogP contribution is -2.37. The smallest absolute Gasteiger partial charge is 0.330 e. The van der Waals surface area contributed by atoms with Crippen LogP contribution in [-0.4, -0.2) is 22.7 Å². The average Bonchev–Trinajstić information content (AvgIpc) is 3.12. The Morgan fingerprint density at radius 2 is 1.82 bits per heavy atom. The number of hydrogen-bond acceptors (Lipinski definition) is 6. The van der Waals surface area contributed by atoms with Crippen LogP contribution in [0.15, 0.2) is 43.5 Å². The molecular formula is C18H22N4O5S. The highest BCUT2D eigenvalue weighted by Crippen LogP contribution is 2.24. The van der Waals surface area contributed by atoms with E-state index in [0.29, 0.717) is 16.8 Å². The molecular weight excluding hydrogens is 384 g/mol. The summed E-state index contributed by atoms with van der Waals surface area (Å²) < 4.78 is 35.2.